The molecule has 0 radical (unpaired) electrons. The monoisotopic (exact) mass is 328 g/mol. The molecule has 1 aromatic heterocycles. The minimum Gasteiger partial charge on any atom is -0.481 e. The molecular weight excluding hydrogens is 308 g/mol. The van der Waals surface area contributed by atoms with E-state index in [4.69, 9.17) is 0 Å². The molecule has 2 atom stereocenters. The summed E-state index contributed by atoms with van der Waals surface area (Å²) >= 11 is 0. The van der Waals surface area contributed by atoms with E-state index in [2.05, 4.69) is 15.5 Å². The van der Waals surface area contributed by atoms with Crippen molar-refractivity contribution in [1.29, 1.82) is 0 Å². The van der Waals surface area contributed by atoms with Gasteiger partial charge in [0.15, 0.2) is 5.69 Å². The molecule has 2 N–H and O–H groups in total. The quantitative estimate of drug-likeness (QED) is 0.837. The van der Waals surface area contributed by atoms with Crippen LogP contribution >= 0.6 is 0 Å². The number of carbonyl (C=O) groups is 2. The fourth-order valence-corrected chi connectivity index (χ4v) is 3.07. The van der Waals surface area contributed by atoms with Crippen LogP contribution in [-0.2, 0) is 4.79 Å². The van der Waals surface area contributed by atoms with Crippen molar-refractivity contribution in [2.75, 3.05) is 0 Å². The van der Waals surface area contributed by atoms with Crippen molar-refractivity contribution < 1.29 is 14.7 Å². The van der Waals surface area contributed by atoms with Gasteiger partial charge in [-0.2, -0.15) is 9.90 Å². The predicted molar refractivity (Wildman–Crippen MR) is 86.8 cm³/mol. The summed E-state index contributed by atoms with van der Waals surface area (Å²) < 4.78 is 0. The maximum absolute atomic E-state index is 12.4. The molecule has 7 heteroatoms. The molecule has 1 heterocycles. The zero-order valence-electron chi connectivity index (χ0n) is 13.3. The normalized spacial score (nSPS) is 21.0. The Bertz CT molecular complexity index is 714. The van der Waals surface area contributed by atoms with E-state index in [-0.39, 0.29) is 17.6 Å². The molecule has 0 saturated heterocycles. The Hall–Kier alpha value is -2.70. The van der Waals surface area contributed by atoms with Gasteiger partial charge in [-0.05, 0) is 25.0 Å². The first-order chi connectivity index (χ1) is 11.6. The van der Waals surface area contributed by atoms with Crippen LogP contribution in [-0.4, -0.2) is 38.0 Å². The van der Waals surface area contributed by atoms with Crippen LogP contribution in [0.1, 0.15) is 42.6 Å². The number of aromatic nitrogens is 3. The van der Waals surface area contributed by atoms with Crippen LogP contribution in [0.3, 0.4) is 0 Å². The molecular formula is C17H20N4O3. The Morgan fingerprint density at radius 1 is 1.12 bits per heavy atom. The first-order valence-corrected chi connectivity index (χ1v) is 8.16. The number of para-hydroxylation sites is 1. The van der Waals surface area contributed by atoms with Crippen LogP contribution in [0.5, 0.6) is 0 Å². The van der Waals surface area contributed by atoms with Gasteiger partial charge in [0.1, 0.15) is 0 Å². The molecule has 126 valence electrons. The maximum atomic E-state index is 12.4. The Labute approximate surface area is 139 Å². The van der Waals surface area contributed by atoms with Gasteiger partial charge in [-0.1, -0.05) is 37.5 Å². The molecule has 24 heavy (non-hydrogen) atoms. The largest absolute Gasteiger partial charge is 0.481 e. The van der Waals surface area contributed by atoms with Crippen LogP contribution in [0.4, 0.5) is 0 Å². The standard InChI is InChI=1S/C17H20N4O3/c22-16(19-14-10-6-2-5-9-13(14)17(23)24)15-11-18-21(20-15)12-7-3-1-4-8-12/h1,3-4,7-8,11,13-14H,2,5-6,9-10H2,(H,19,22)(H,23,24)/t13-,14+/m1/s1. The van der Waals surface area contributed by atoms with Crippen LogP contribution in [0.15, 0.2) is 36.5 Å². The lowest BCUT2D eigenvalue weighted by molar-refractivity contribution is -0.142. The SMILES string of the molecule is O=C(N[C@H]1CCCCC[C@H]1C(=O)O)c1cnn(-c2ccccc2)n1. The number of carboxylic acids is 1. The van der Waals surface area contributed by atoms with Crippen molar-refractivity contribution in [3.05, 3.63) is 42.2 Å². The predicted octanol–water partition coefficient (Wildman–Crippen LogP) is 2.03. The lowest BCUT2D eigenvalue weighted by atomic mass is 9.95. The van der Waals surface area contributed by atoms with Crippen molar-refractivity contribution in [3.63, 3.8) is 0 Å². The van der Waals surface area contributed by atoms with Crippen molar-refractivity contribution in [2.24, 2.45) is 5.92 Å². The molecule has 0 unspecified atom stereocenters. The van der Waals surface area contributed by atoms with E-state index >= 15 is 0 Å². The summed E-state index contributed by atoms with van der Waals surface area (Å²) in [6.45, 7) is 0. The fraction of sp³-hybridized carbons (Fsp3) is 0.412. The number of rotatable bonds is 4. The van der Waals surface area contributed by atoms with Crippen molar-refractivity contribution >= 4 is 11.9 Å². The average molecular weight is 328 g/mol. The van der Waals surface area contributed by atoms with Crippen LogP contribution in [0.25, 0.3) is 5.69 Å². The summed E-state index contributed by atoms with van der Waals surface area (Å²) in [4.78, 5) is 25.2. The highest BCUT2D eigenvalue weighted by Crippen LogP contribution is 2.24. The highest BCUT2D eigenvalue weighted by atomic mass is 16.4. The van der Waals surface area contributed by atoms with E-state index in [9.17, 15) is 14.7 Å². The summed E-state index contributed by atoms with van der Waals surface area (Å²) in [6, 6.07) is 8.93. The van der Waals surface area contributed by atoms with E-state index in [1.165, 1.54) is 11.0 Å². The number of nitrogens with one attached hydrogen (secondary N) is 1. The highest BCUT2D eigenvalue weighted by molar-refractivity contribution is 5.92. The lowest BCUT2D eigenvalue weighted by Gasteiger charge is -2.22. The number of hydrogen-bond acceptors (Lipinski definition) is 4. The van der Waals surface area contributed by atoms with Crippen molar-refractivity contribution in [1.82, 2.24) is 20.3 Å². The smallest absolute Gasteiger partial charge is 0.308 e. The molecule has 0 spiro atoms. The van der Waals surface area contributed by atoms with E-state index in [1.54, 1.807) is 0 Å². The third-order valence-electron chi connectivity index (χ3n) is 4.36. The Balaban J connectivity index is 1.72. The molecule has 3 rings (SSSR count). The van der Waals surface area contributed by atoms with Gasteiger partial charge >= 0.3 is 5.97 Å². The summed E-state index contributed by atoms with van der Waals surface area (Å²) in [5.41, 5.74) is 0.946. The van der Waals surface area contributed by atoms with Crippen LogP contribution < -0.4 is 5.32 Å². The van der Waals surface area contributed by atoms with Gasteiger partial charge in [0.05, 0.1) is 17.8 Å². The summed E-state index contributed by atoms with van der Waals surface area (Å²) in [7, 11) is 0. The minimum absolute atomic E-state index is 0.187. The number of hydrogen-bond donors (Lipinski definition) is 2. The Morgan fingerprint density at radius 2 is 1.88 bits per heavy atom. The van der Waals surface area contributed by atoms with E-state index in [1.807, 2.05) is 30.3 Å². The maximum Gasteiger partial charge on any atom is 0.308 e. The molecule has 1 amide bonds. The third kappa shape index (κ3) is 3.61. The van der Waals surface area contributed by atoms with Gasteiger partial charge in [0.2, 0.25) is 0 Å². The highest BCUT2D eigenvalue weighted by Gasteiger charge is 2.31. The van der Waals surface area contributed by atoms with Gasteiger partial charge in [-0.25, -0.2) is 0 Å². The molecule has 1 fully saturated rings. The average Bonchev–Trinajstić information content (AvgIpc) is 2.97. The second-order valence-electron chi connectivity index (χ2n) is 6.02. The number of benzene rings is 1. The molecule has 1 saturated carbocycles. The lowest BCUT2D eigenvalue weighted by Crippen LogP contribution is -2.43. The van der Waals surface area contributed by atoms with E-state index in [0.717, 1.165) is 24.9 Å². The molecule has 0 aliphatic heterocycles. The van der Waals surface area contributed by atoms with Crippen LogP contribution in [0.2, 0.25) is 0 Å². The zero-order chi connectivity index (χ0) is 16.9. The minimum atomic E-state index is -0.852. The topological polar surface area (TPSA) is 97.1 Å². The Morgan fingerprint density at radius 3 is 2.62 bits per heavy atom. The summed E-state index contributed by atoms with van der Waals surface area (Å²) in [5, 5.41) is 20.5. The molecule has 1 aromatic carbocycles. The molecule has 1 aliphatic rings. The van der Waals surface area contributed by atoms with Gasteiger partial charge < -0.3 is 10.4 Å². The third-order valence-corrected chi connectivity index (χ3v) is 4.36. The number of nitrogens with zero attached hydrogens (tertiary/aromatic N) is 3. The molecule has 7 nitrogen and oxygen atoms in total. The number of carboxylic acid groups (broad SMARTS) is 1. The Kier molecular flexibility index (Phi) is 4.88. The van der Waals surface area contributed by atoms with Crippen LogP contribution in [0, 0.1) is 5.92 Å². The summed E-state index contributed by atoms with van der Waals surface area (Å²) in [6.07, 6.45) is 5.47. The zero-order valence-corrected chi connectivity index (χ0v) is 13.3. The van der Waals surface area contributed by atoms with Crippen molar-refractivity contribution in [2.45, 2.75) is 38.1 Å². The van der Waals surface area contributed by atoms with E-state index < -0.39 is 11.9 Å². The second-order valence-corrected chi connectivity index (χ2v) is 6.02. The van der Waals surface area contributed by atoms with Gasteiger partial charge in [0.25, 0.3) is 5.91 Å². The first-order valence-electron chi connectivity index (χ1n) is 8.16. The second kappa shape index (κ2) is 7.25. The summed E-state index contributed by atoms with van der Waals surface area (Å²) in [5.74, 6) is -1.77. The molecule has 2 aromatic rings. The first kappa shape index (κ1) is 16.2. The van der Waals surface area contributed by atoms with E-state index in [0.29, 0.717) is 12.8 Å². The van der Waals surface area contributed by atoms with Gasteiger partial charge in [0, 0.05) is 6.04 Å². The van der Waals surface area contributed by atoms with Gasteiger partial charge in [-0.3, -0.25) is 9.59 Å². The fourth-order valence-electron chi connectivity index (χ4n) is 3.07. The number of aliphatic carboxylic acids is 1. The van der Waals surface area contributed by atoms with Crippen molar-refractivity contribution in [3.8, 4) is 5.69 Å². The molecule has 1 aliphatic carbocycles. The number of amides is 1. The van der Waals surface area contributed by atoms with Gasteiger partial charge in [-0.15, -0.1) is 5.10 Å². The molecule has 0 bridgehead atoms. The number of carbonyl (C=O) groups excluding carboxylic acids is 1.